The number of para-hydroxylation sites is 1. The first-order valence-electron chi connectivity index (χ1n) is 17.2. The highest BCUT2D eigenvalue weighted by Gasteiger charge is 2.32. The minimum Gasteiger partial charge on any atom is -0.361 e. The lowest BCUT2D eigenvalue weighted by atomic mass is 9.96. The number of carbonyl (C=O) groups is 3. The van der Waals surface area contributed by atoms with Gasteiger partial charge in [-0.3, -0.25) is 14.4 Å². The summed E-state index contributed by atoms with van der Waals surface area (Å²) in [4.78, 5) is 44.6. The van der Waals surface area contributed by atoms with Crippen LogP contribution in [0.1, 0.15) is 54.6 Å². The summed E-state index contributed by atoms with van der Waals surface area (Å²) in [7, 11) is -4.02. The summed E-state index contributed by atoms with van der Waals surface area (Å²) in [6.45, 7) is 3.74. The molecule has 51 heavy (non-hydrogen) atoms. The van der Waals surface area contributed by atoms with Gasteiger partial charge < -0.3 is 20.9 Å². The van der Waals surface area contributed by atoms with Crippen molar-refractivity contribution in [2.45, 2.75) is 69.0 Å². The summed E-state index contributed by atoms with van der Waals surface area (Å²) in [5.41, 5.74) is 4.11. The summed E-state index contributed by atoms with van der Waals surface area (Å²) >= 11 is 0. The Labute approximate surface area is 298 Å². The van der Waals surface area contributed by atoms with Gasteiger partial charge in [0.05, 0.1) is 16.6 Å². The summed E-state index contributed by atoms with van der Waals surface area (Å²) in [5, 5.41) is 10.0. The van der Waals surface area contributed by atoms with Crippen LogP contribution in [0.3, 0.4) is 0 Å². The molecule has 3 heterocycles. The van der Waals surface area contributed by atoms with Crippen LogP contribution in [0.15, 0.2) is 120 Å². The van der Waals surface area contributed by atoms with Crippen LogP contribution in [0.4, 0.5) is 0 Å². The van der Waals surface area contributed by atoms with Crippen molar-refractivity contribution in [3.05, 3.63) is 138 Å². The minimum absolute atomic E-state index is 0.0164. The van der Waals surface area contributed by atoms with Crippen molar-refractivity contribution in [2.75, 3.05) is 0 Å². The molecule has 11 heteroatoms. The average molecular weight is 706 g/mol. The fourth-order valence-electron chi connectivity index (χ4n) is 6.60. The lowest BCUT2D eigenvalue weighted by Gasteiger charge is -2.28. The zero-order valence-electron chi connectivity index (χ0n) is 28.7. The van der Waals surface area contributed by atoms with E-state index in [1.807, 2.05) is 80.7 Å². The third-order valence-electron chi connectivity index (χ3n) is 9.38. The maximum absolute atomic E-state index is 14.4. The highest BCUT2D eigenvalue weighted by atomic mass is 32.2. The molecule has 0 saturated heterocycles. The standard InChI is InChI=1S/C40H43N5O5S/c1-27-17-21-32(22-18-27)51(49,50)45-23-9-15-36(45)39-28(2)10-8-16-37(46)42-31(20-19-29-11-4-3-5-12-29)25-38(47)43-35(40(48)44-39)24-30-26-41-34-14-7-6-13-33(30)34/h3-15,17-18,21-23,26,28,31,35,39,41H,16,19-20,24-25H2,1-2H3,(H,42,46)(H,43,47)(H,44,48)/b10-8+/t28-,31+,35-,39+/m0/s1. The summed E-state index contributed by atoms with van der Waals surface area (Å²) < 4.78 is 29.0. The molecule has 0 spiro atoms. The van der Waals surface area contributed by atoms with Crippen LogP contribution in [0.2, 0.25) is 0 Å². The van der Waals surface area contributed by atoms with Gasteiger partial charge in [0, 0.05) is 48.6 Å². The number of rotatable bonds is 8. The van der Waals surface area contributed by atoms with Gasteiger partial charge in [-0.15, -0.1) is 0 Å². The molecule has 0 fully saturated rings. The zero-order valence-corrected chi connectivity index (χ0v) is 29.5. The van der Waals surface area contributed by atoms with Gasteiger partial charge in [-0.05, 0) is 67.1 Å². The number of fused-ring (bicyclic) bond motifs is 1. The number of hydrogen-bond donors (Lipinski definition) is 4. The Morgan fingerprint density at radius 3 is 2.35 bits per heavy atom. The molecule has 6 rings (SSSR count). The fraction of sp³-hybridized carbons (Fsp3) is 0.275. The SMILES string of the molecule is Cc1ccc(S(=O)(=O)n2cccc2[C@@H]2NC(=O)[C@H](Cc3c[nH]c4ccccc34)NC(=O)C[C@@H](CCc3ccccc3)NC(=O)C/C=C/[C@@H]2C)cc1. The van der Waals surface area contributed by atoms with Crippen molar-refractivity contribution in [2.24, 2.45) is 5.92 Å². The van der Waals surface area contributed by atoms with Gasteiger partial charge in [0.2, 0.25) is 17.7 Å². The van der Waals surface area contributed by atoms with Crippen molar-refractivity contribution in [3.8, 4) is 0 Å². The largest absolute Gasteiger partial charge is 0.361 e. The Kier molecular flexibility index (Phi) is 10.9. The quantitative estimate of drug-likeness (QED) is 0.158. The van der Waals surface area contributed by atoms with E-state index in [4.69, 9.17) is 0 Å². The third kappa shape index (κ3) is 8.49. The lowest BCUT2D eigenvalue weighted by Crippen LogP contribution is -2.51. The molecule has 0 saturated carbocycles. The van der Waals surface area contributed by atoms with E-state index in [2.05, 4.69) is 20.9 Å². The zero-order chi connectivity index (χ0) is 36.0. The van der Waals surface area contributed by atoms with Gasteiger partial charge in [0.1, 0.15) is 6.04 Å². The first kappa shape index (κ1) is 35.4. The molecule has 0 bridgehead atoms. The van der Waals surface area contributed by atoms with E-state index in [0.717, 1.165) is 27.6 Å². The summed E-state index contributed by atoms with van der Waals surface area (Å²) in [6, 6.07) is 25.2. The summed E-state index contributed by atoms with van der Waals surface area (Å²) in [6.07, 6.45) is 8.27. The molecule has 1 aliphatic rings. The number of aromatic nitrogens is 2. The first-order chi connectivity index (χ1) is 24.6. The van der Waals surface area contributed by atoms with Crippen molar-refractivity contribution >= 4 is 38.6 Å². The highest BCUT2D eigenvalue weighted by molar-refractivity contribution is 7.90. The monoisotopic (exact) mass is 705 g/mol. The maximum Gasteiger partial charge on any atom is 0.267 e. The van der Waals surface area contributed by atoms with Gasteiger partial charge in [-0.1, -0.05) is 85.3 Å². The lowest BCUT2D eigenvalue weighted by molar-refractivity contribution is -0.130. The number of carbonyl (C=O) groups excluding carboxylic acids is 3. The second-order valence-corrected chi connectivity index (χ2v) is 15.0. The first-order valence-corrected chi connectivity index (χ1v) is 18.7. The summed E-state index contributed by atoms with van der Waals surface area (Å²) in [5.74, 6) is -1.51. The molecule has 5 aromatic rings. The molecule has 3 amide bonds. The number of benzene rings is 3. The Morgan fingerprint density at radius 2 is 1.57 bits per heavy atom. The number of aryl methyl sites for hydroxylation is 2. The van der Waals surface area contributed by atoms with Gasteiger partial charge in [-0.2, -0.15) is 0 Å². The van der Waals surface area contributed by atoms with E-state index in [1.54, 1.807) is 42.5 Å². The number of nitrogens with one attached hydrogen (secondary N) is 4. The molecule has 4 N–H and O–H groups in total. The van der Waals surface area contributed by atoms with Crippen molar-refractivity contribution < 1.29 is 22.8 Å². The van der Waals surface area contributed by atoms with E-state index in [-0.39, 0.29) is 36.0 Å². The molecule has 10 nitrogen and oxygen atoms in total. The van der Waals surface area contributed by atoms with Crippen LogP contribution in [-0.4, -0.2) is 47.2 Å². The minimum atomic E-state index is -4.02. The van der Waals surface area contributed by atoms with E-state index in [1.165, 1.54) is 10.2 Å². The van der Waals surface area contributed by atoms with Gasteiger partial charge >= 0.3 is 0 Å². The van der Waals surface area contributed by atoms with E-state index < -0.39 is 40.0 Å². The molecule has 0 aliphatic carbocycles. The Morgan fingerprint density at radius 1 is 0.824 bits per heavy atom. The van der Waals surface area contributed by atoms with Gasteiger partial charge in [0.25, 0.3) is 10.0 Å². The molecular formula is C40H43N5O5S. The maximum atomic E-state index is 14.4. The number of amides is 3. The topological polar surface area (TPSA) is 142 Å². The molecule has 264 valence electrons. The van der Waals surface area contributed by atoms with Crippen molar-refractivity contribution in [1.82, 2.24) is 24.9 Å². The van der Waals surface area contributed by atoms with Crippen LogP contribution in [0.25, 0.3) is 10.9 Å². The molecule has 3 aromatic carbocycles. The van der Waals surface area contributed by atoms with Gasteiger partial charge in [0.15, 0.2) is 0 Å². The predicted octanol–water partition coefficient (Wildman–Crippen LogP) is 5.50. The smallest absolute Gasteiger partial charge is 0.267 e. The fourth-order valence-corrected chi connectivity index (χ4v) is 7.99. The van der Waals surface area contributed by atoms with E-state index in [0.29, 0.717) is 18.5 Å². The highest BCUT2D eigenvalue weighted by Crippen LogP contribution is 2.28. The van der Waals surface area contributed by atoms with Crippen LogP contribution in [-0.2, 0) is 37.2 Å². The second kappa shape index (κ2) is 15.6. The third-order valence-corrected chi connectivity index (χ3v) is 11.1. The van der Waals surface area contributed by atoms with E-state index in [9.17, 15) is 22.8 Å². The molecule has 0 radical (unpaired) electrons. The Bertz CT molecular complexity index is 2140. The van der Waals surface area contributed by atoms with Crippen molar-refractivity contribution in [1.29, 1.82) is 0 Å². The van der Waals surface area contributed by atoms with E-state index >= 15 is 0 Å². The second-order valence-electron chi connectivity index (χ2n) is 13.2. The van der Waals surface area contributed by atoms with Crippen LogP contribution >= 0.6 is 0 Å². The van der Waals surface area contributed by atoms with Crippen LogP contribution in [0, 0.1) is 12.8 Å². The molecular weight excluding hydrogens is 663 g/mol. The predicted molar refractivity (Wildman–Crippen MR) is 197 cm³/mol. The van der Waals surface area contributed by atoms with Crippen LogP contribution in [0.5, 0.6) is 0 Å². The van der Waals surface area contributed by atoms with Crippen molar-refractivity contribution in [3.63, 3.8) is 0 Å². The number of aromatic amines is 1. The number of nitrogens with zero attached hydrogens (tertiary/aromatic N) is 1. The van der Waals surface area contributed by atoms with Gasteiger partial charge in [-0.25, -0.2) is 12.4 Å². The molecule has 4 atom stereocenters. The molecule has 0 unspecified atom stereocenters. The Balaban J connectivity index is 1.34. The molecule has 1 aliphatic heterocycles. The Hall–Kier alpha value is -5.42. The number of hydrogen-bond acceptors (Lipinski definition) is 5. The normalized spacial score (nSPS) is 21.3. The molecule has 2 aromatic heterocycles. The number of H-pyrrole nitrogens is 1. The van der Waals surface area contributed by atoms with Crippen LogP contribution < -0.4 is 16.0 Å². The average Bonchev–Trinajstić information content (AvgIpc) is 3.78.